The molecule has 0 heterocycles. The maximum absolute atomic E-state index is 10.1. The lowest BCUT2D eigenvalue weighted by molar-refractivity contribution is -0.337. The molecule has 0 saturated heterocycles. The summed E-state index contributed by atoms with van der Waals surface area (Å²) in [7, 11) is 0. The molecule has 2 bridgehead atoms. The van der Waals surface area contributed by atoms with Gasteiger partial charge in [0.05, 0.1) is 4.32 Å². The Labute approximate surface area is 92.0 Å². The van der Waals surface area contributed by atoms with E-state index in [0.717, 1.165) is 5.92 Å². The molecule has 6 aliphatic rings. The molecule has 70 valence electrons. The number of rotatable bonds is 0. The predicted octanol–water partition coefficient (Wildman–Crippen LogP) is 0.700. The number of alkyl halides is 2. The molecule has 0 aliphatic heterocycles. The maximum Gasteiger partial charge on any atom is 0.182 e. The van der Waals surface area contributed by atoms with Gasteiger partial charge in [-0.05, 0) is 29.6 Å². The second kappa shape index (κ2) is 1.34. The minimum absolute atomic E-state index is 0.159. The lowest BCUT2D eigenvalue weighted by Gasteiger charge is -2.89. The standard InChI is InChI=1S/C9H8Br2O2/c10-7-1-4-2(7)6-3(7)5(1)8(4,11)9(6,12)13/h1-6,12-13H/t1?,2-,3-,4-,5+,6?,7?,8?/m0/s1. The van der Waals surface area contributed by atoms with Crippen LogP contribution in [-0.2, 0) is 0 Å². The molecule has 0 aromatic carbocycles. The highest BCUT2D eigenvalue weighted by atomic mass is 79.9. The first-order valence-electron chi connectivity index (χ1n) is 4.81. The number of hydrogen-bond donors (Lipinski definition) is 2. The summed E-state index contributed by atoms with van der Waals surface area (Å²) < 4.78 is 0.0255. The molecule has 6 saturated carbocycles. The van der Waals surface area contributed by atoms with E-state index in [1.807, 2.05) is 0 Å². The van der Waals surface area contributed by atoms with Crippen molar-refractivity contribution in [2.75, 3.05) is 0 Å². The van der Waals surface area contributed by atoms with E-state index in [0.29, 0.717) is 28.0 Å². The van der Waals surface area contributed by atoms with Crippen LogP contribution in [0.15, 0.2) is 0 Å². The van der Waals surface area contributed by atoms with Crippen LogP contribution in [0, 0.1) is 35.5 Å². The quantitative estimate of drug-likeness (QED) is 0.511. The zero-order chi connectivity index (χ0) is 8.96. The Morgan fingerprint density at radius 3 is 1.62 bits per heavy atom. The van der Waals surface area contributed by atoms with Gasteiger partial charge in [0.15, 0.2) is 5.79 Å². The fourth-order valence-corrected chi connectivity index (χ4v) is 8.81. The van der Waals surface area contributed by atoms with E-state index in [9.17, 15) is 10.2 Å². The summed E-state index contributed by atoms with van der Waals surface area (Å²) in [6.45, 7) is 0. The molecule has 0 aromatic rings. The van der Waals surface area contributed by atoms with Gasteiger partial charge in [-0.25, -0.2) is 0 Å². The van der Waals surface area contributed by atoms with Gasteiger partial charge in [0.1, 0.15) is 0 Å². The van der Waals surface area contributed by atoms with Crippen LogP contribution in [0.1, 0.15) is 0 Å². The molecule has 0 amide bonds. The Morgan fingerprint density at radius 2 is 1.23 bits per heavy atom. The highest BCUT2D eigenvalue weighted by Gasteiger charge is 3.07. The molecule has 6 rings (SSSR count). The van der Waals surface area contributed by atoms with Crippen molar-refractivity contribution in [2.24, 2.45) is 35.5 Å². The molecule has 8 atom stereocenters. The molecule has 2 N–H and O–H groups in total. The molecule has 0 spiro atoms. The summed E-state index contributed by atoms with van der Waals surface area (Å²) in [5.41, 5.74) is 0. The van der Waals surface area contributed by atoms with Crippen LogP contribution in [-0.4, -0.2) is 24.6 Å². The van der Waals surface area contributed by atoms with Crippen molar-refractivity contribution < 1.29 is 10.2 Å². The van der Waals surface area contributed by atoms with E-state index >= 15 is 0 Å². The van der Waals surface area contributed by atoms with Crippen molar-refractivity contribution in [2.45, 2.75) is 14.4 Å². The molecule has 6 aliphatic carbocycles. The molecule has 6 fully saturated rings. The van der Waals surface area contributed by atoms with Crippen molar-refractivity contribution in [3.05, 3.63) is 0 Å². The van der Waals surface area contributed by atoms with E-state index in [1.165, 1.54) is 0 Å². The van der Waals surface area contributed by atoms with E-state index < -0.39 is 5.79 Å². The van der Waals surface area contributed by atoms with Gasteiger partial charge in [0.25, 0.3) is 0 Å². The van der Waals surface area contributed by atoms with E-state index in [-0.39, 0.29) is 10.2 Å². The Bertz CT molecular complexity index is 360. The second-order valence-corrected chi connectivity index (χ2v) is 8.16. The second-order valence-electron chi connectivity index (χ2n) is 5.48. The van der Waals surface area contributed by atoms with Gasteiger partial charge in [0.2, 0.25) is 0 Å². The smallest absolute Gasteiger partial charge is 0.182 e. The molecule has 2 nitrogen and oxygen atoms in total. The number of hydrogen-bond acceptors (Lipinski definition) is 2. The summed E-state index contributed by atoms with van der Waals surface area (Å²) in [5.74, 6) is 1.67. The van der Waals surface area contributed by atoms with Crippen molar-refractivity contribution in [3.63, 3.8) is 0 Å². The third kappa shape index (κ3) is 0.312. The molecule has 13 heavy (non-hydrogen) atoms. The highest BCUT2D eigenvalue weighted by molar-refractivity contribution is 9.10. The first kappa shape index (κ1) is 7.20. The van der Waals surface area contributed by atoms with Crippen LogP contribution in [0.4, 0.5) is 0 Å². The topological polar surface area (TPSA) is 40.5 Å². The molecule has 4 unspecified atom stereocenters. The molecule has 4 heteroatoms. The first-order valence-corrected chi connectivity index (χ1v) is 6.39. The Hall–Kier alpha value is 0.880. The number of aliphatic hydroxyl groups is 2. The maximum atomic E-state index is 10.1. The van der Waals surface area contributed by atoms with Gasteiger partial charge < -0.3 is 10.2 Å². The van der Waals surface area contributed by atoms with Crippen molar-refractivity contribution in [3.8, 4) is 0 Å². The van der Waals surface area contributed by atoms with E-state index in [1.54, 1.807) is 0 Å². The van der Waals surface area contributed by atoms with Crippen LogP contribution >= 0.6 is 31.9 Å². The lowest BCUT2D eigenvalue weighted by atomic mass is 9.20. The molecule has 0 radical (unpaired) electrons. The van der Waals surface area contributed by atoms with Crippen molar-refractivity contribution in [1.82, 2.24) is 0 Å². The summed E-state index contributed by atoms with van der Waals surface area (Å²) in [6, 6.07) is 0. The summed E-state index contributed by atoms with van der Waals surface area (Å²) in [4.78, 5) is 0. The van der Waals surface area contributed by atoms with Crippen molar-refractivity contribution >= 4 is 31.9 Å². The van der Waals surface area contributed by atoms with Crippen LogP contribution in [0.2, 0.25) is 0 Å². The third-order valence-corrected chi connectivity index (χ3v) is 9.08. The normalized spacial score (nSPS) is 87.7. The fraction of sp³-hybridized carbons (Fsp3) is 1.00. The SMILES string of the molecule is OC1(O)C2[C@@H]3[C@H]4C5[C@@H]([C@@H]2C53Br)C41Br. The zero-order valence-corrected chi connectivity index (χ0v) is 9.79. The first-order chi connectivity index (χ1) is 5.98. The third-order valence-electron chi connectivity index (χ3n) is 5.85. The predicted molar refractivity (Wildman–Crippen MR) is 51.4 cm³/mol. The van der Waals surface area contributed by atoms with Gasteiger partial charge in [-0.1, -0.05) is 31.9 Å². The summed E-state index contributed by atoms with van der Waals surface area (Å²) in [6.07, 6.45) is 0. The van der Waals surface area contributed by atoms with Crippen LogP contribution < -0.4 is 0 Å². The van der Waals surface area contributed by atoms with Gasteiger partial charge >= 0.3 is 0 Å². The molecular weight excluding hydrogens is 300 g/mol. The zero-order valence-electron chi connectivity index (χ0n) is 6.61. The highest BCUT2D eigenvalue weighted by Crippen LogP contribution is 3.02. The van der Waals surface area contributed by atoms with Gasteiger partial charge in [-0.15, -0.1) is 0 Å². The Balaban J connectivity index is 1.85. The van der Waals surface area contributed by atoms with E-state index in [2.05, 4.69) is 31.9 Å². The van der Waals surface area contributed by atoms with Crippen LogP contribution in [0.5, 0.6) is 0 Å². The lowest BCUT2D eigenvalue weighted by Crippen LogP contribution is -2.93. The van der Waals surface area contributed by atoms with Crippen molar-refractivity contribution in [1.29, 1.82) is 0 Å². The summed E-state index contributed by atoms with van der Waals surface area (Å²) >= 11 is 7.42. The fourth-order valence-electron chi connectivity index (χ4n) is 5.70. The Morgan fingerprint density at radius 1 is 0.769 bits per heavy atom. The van der Waals surface area contributed by atoms with E-state index in [4.69, 9.17) is 0 Å². The number of halogens is 2. The average Bonchev–Trinajstić information content (AvgIpc) is 2.20. The minimum atomic E-state index is -1.41. The molecule has 0 aromatic heterocycles. The van der Waals surface area contributed by atoms with Crippen LogP contribution in [0.3, 0.4) is 0 Å². The van der Waals surface area contributed by atoms with Gasteiger partial charge in [-0.3, -0.25) is 0 Å². The van der Waals surface area contributed by atoms with Crippen LogP contribution in [0.25, 0.3) is 0 Å². The van der Waals surface area contributed by atoms with Gasteiger partial charge in [-0.2, -0.15) is 0 Å². The van der Waals surface area contributed by atoms with Gasteiger partial charge in [0, 0.05) is 10.2 Å². The minimum Gasteiger partial charge on any atom is -0.364 e. The Kier molecular flexibility index (Phi) is 0.740. The largest absolute Gasteiger partial charge is 0.364 e. The average molecular weight is 308 g/mol. The molecular formula is C9H8Br2O2. The monoisotopic (exact) mass is 306 g/mol. The summed E-state index contributed by atoms with van der Waals surface area (Å²) in [5, 5.41) is 20.1.